The average Bonchev–Trinajstić information content (AvgIpc) is 2.73. The van der Waals surface area contributed by atoms with Crippen LogP contribution >= 0.6 is 0 Å². The number of benzene rings is 2. The molecule has 98 valence electrons. The van der Waals surface area contributed by atoms with Gasteiger partial charge in [0.1, 0.15) is 0 Å². The first-order valence-corrected chi connectivity index (χ1v) is 6.37. The summed E-state index contributed by atoms with van der Waals surface area (Å²) in [5, 5.41) is 0. The summed E-state index contributed by atoms with van der Waals surface area (Å²) >= 11 is 0. The van der Waals surface area contributed by atoms with Crippen LogP contribution in [0.1, 0.15) is 11.1 Å². The van der Waals surface area contributed by atoms with Crippen LogP contribution < -0.4 is 0 Å². The highest BCUT2D eigenvalue weighted by Gasteiger charge is 2.36. The lowest BCUT2D eigenvalue weighted by Gasteiger charge is -2.06. The van der Waals surface area contributed by atoms with E-state index in [4.69, 9.17) is 0 Å². The number of hydrogen-bond donors (Lipinski definition) is 0. The van der Waals surface area contributed by atoms with E-state index in [1.165, 1.54) is 11.9 Å². The fourth-order valence-electron chi connectivity index (χ4n) is 2.39. The molecule has 0 saturated carbocycles. The summed E-state index contributed by atoms with van der Waals surface area (Å²) in [6.07, 6.45) is 0. The molecule has 0 spiro atoms. The van der Waals surface area contributed by atoms with E-state index >= 15 is 0 Å². The standard InChI is InChI=1S/C17H13NO2/c1-18-16(19)14(12-8-4-2-5-9-12)15(17(18)20)13-10-6-3-7-11-13/h2-11H,1H3. The fourth-order valence-corrected chi connectivity index (χ4v) is 2.39. The monoisotopic (exact) mass is 263 g/mol. The minimum atomic E-state index is -0.250. The summed E-state index contributed by atoms with van der Waals surface area (Å²) in [6, 6.07) is 18.6. The second-order valence-electron chi connectivity index (χ2n) is 4.65. The fraction of sp³-hybridized carbons (Fsp3) is 0.0588. The van der Waals surface area contributed by atoms with Crippen LogP contribution in [-0.2, 0) is 9.59 Å². The molecule has 0 radical (unpaired) electrons. The highest BCUT2D eigenvalue weighted by molar-refractivity contribution is 6.48. The van der Waals surface area contributed by atoms with E-state index in [-0.39, 0.29) is 11.8 Å². The number of nitrogens with zero attached hydrogens (tertiary/aromatic N) is 1. The second-order valence-corrected chi connectivity index (χ2v) is 4.65. The maximum Gasteiger partial charge on any atom is 0.261 e. The Morgan fingerprint density at radius 1 is 0.650 bits per heavy atom. The van der Waals surface area contributed by atoms with Crippen molar-refractivity contribution in [2.45, 2.75) is 0 Å². The van der Waals surface area contributed by atoms with Crippen molar-refractivity contribution >= 4 is 23.0 Å². The van der Waals surface area contributed by atoms with Gasteiger partial charge in [0, 0.05) is 7.05 Å². The summed E-state index contributed by atoms with van der Waals surface area (Å²) in [4.78, 5) is 25.9. The van der Waals surface area contributed by atoms with E-state index in [0.717, 1.165) is 11.1 Å². The van der Waals surface area contributed by atoms with Crippen molar-refractivity contribution in [3.05, 3.63) is 71.8 Å². The summed E-state index contributed by atoms with van der Waals surface area (Å²) in [6.45, 7) is 0. The number of amides is 2. The van der Waals surface area contributed by atoms with Gasteiger partial charge in [-0.1, -0.05) is 60.7 Å². The van der Waals surface area contributed by atoms with Crippen molar-refractivity contribution in [3.63, 3.8) is 0 Å². The van der Waals surface area contributed by atoms with Crippen molar-refractivity contribution < 1.29 is 9.59 Å². The van der Waals surface area contributed by atoms with Gasteiger partial charge in [-0.05, 0) is 11.1 Å². The first-order valence-electron chi connectivity index (χ1n) is 6.37. The molecule has 3 heteroatoms. The third kappa shape index (κ3) is 1.84. The molecule has 1 heterocycles. The summed E-state index contributed by atoms with van der Waals surface area (Å²) in [7, 11) is 1.52. The predicted octanol–water partition coefficient (Wildman–Crippen LogP) is 2.60. The van der Waals surface area contributed by atoms with Gasteiger partial charge in [-0.2, -0.15) is 0 Å². The van der Waals surface area contributed by atoms with Crippen LogP contribution in [-0.4, -0.2) is 23.8 Å². The van der Waals surface area contributed by atoms with Gasteiger partial charge in [0.25, 0.3) is 11.8 Å². The van der Waals surface area contributed by atoms with Crippen molar-refractivity contribution in [1.29, 1.82) is 0 Å². The van der Waals surface area contributed by atoms with Crippen LogP contribution in [0.15, 0.2) is 60.7 Å². The first kappa shape index (κ1) is 12.4. The normalized spacial score (nSPS) is 15.2. The van der Waals surface area contributed by atoms with E-state index < -0.39 is 0 Å². The molecule has 2 aromatic rings. The molecule has 1 aliphatic rings. The van der Waals surface area contributed by atoms with Gasteiger partial charge in [0.15, 0.2) is 0 Å². The van der Waals surface area contributed by atoms with E-state index in [0.29, 0.717) is 11.1 Å². The first-order chi connectivity index (χ1) is 9.70. The van der Waals surface area contributed by atoms with Gasteiger partial charge in [0.2, 0.25) is 0 Å². The van der Waals surface area contributed by atoms with Crippen molar-refractivity contribution in [2.24, 2.45) is 0 Å². The zero-order valence-electron chi connectivity index (χ0n) is 11.0. The Labute approximate surface area is 117 Å². The summed E-state index contributed by atoms with van der Waals surface area (Å²) in [5.74, 6) is -0.500. The average molecular weight is 263 g/mol. The molecule has 0 unspecified atom stereocenters. The molecular formula is C17H13NO2. The molecule has 2 aromatic carbocycles. The van der Waals surface area contributed by atoms with Crippen LogP contribution in [0.2, 0.25) is 0 Å². The number of hydrogen-bond acceptors (Lipinski definition) is 2. The molecule has 20 heavy (non-hydrogen) atoms. The molecule has 3 nitrogen and oxygen atoms in total. The molecule has 2 amide bonds. The van der Waals surface area contributed by atoms with Gasteiger partial charge >= 0.3 is 0 Å². The molecule has 0 atom stereocenters. The molecule has 0 bridgehead atoms. The van der Waals surface area contributed by atoms with Crippen molar-refractivity contribution in [3.8, 4) is 0 Å². The number of carbonyl (C=O) groups is 2. The number of imide groups is 1. The highest BCUT2D eigenvalue weighted by atomic mass is 16.2. The molecule has 0 saturated heterocycles. The van der Waals surface area contributed by atoms with Gasteiger partial charge < -0.3 is 0 Å². The maximum atomic E-state index is 12.3. The molecule has 0 fully saturated rings. The third-order valence-electron chi connectivity index (χ3n) is 3.41. The molecule has 0 N–H and O–H groups in total. The smallest absolute Gasteiger partial charge is 0.261 e. The molecule has 3 rings (SSSR count). The van der Waals surface area contributed by atoms with Gasteiger partial charge in [0.05, 0.1) is 11.1 Å². The lowest BCUT2D eigenvalue weighted by Crippen LogP contribution is -2.26. The minimum absolute atomic E-state index is 0.250. The van der Waals surface area contributed by atoms with E-state index in [1.54, 1.807) is 0 Å². The molecule has 1 aliphatic heterocycles. The Balaban J connectivity index is 2.26. The van der Waals surface area contributed by atoms with Crippen LogP contribution in [0.4, 0.5) is 0 Å². The SMILES string of the molecule is CN1C(=O)C(c2ccccc2)=C(c2ccccc2)C1=O. The summed E-state index contributed by atoms with van der Waals surface area (Å²) in [5.41, 5.74) is 2.50. The Kier molecular flexibility index (Phi) is 2.95. The van der Waals surface area contributed by atoms with Crippen LogP contribution in [0, 0.1) is 0 Å². The Morgan fingerprint density at radius 3 is 1.35 bits per heavy atom. The zero-order chi connectivity index (χ0) is 14.1. The Hall–Kier alpha value is -2.68. The van der Waals surface area contributed by atoms with E-state index in [9.17, 15) is 9.59 Å². The Morgan fingerprint density at radius 2 is 1.00 bits per heavy atom. The zero-order valence-corrected chi connectivity index (χ0v) is 11.0. The van der Waals surface area contributed by atoms with E-state index in [2.05, 4.69) is 0 Å². The molecule has 0 aliphatic carbocycles. The number of rotatable bonds is 2. The third-order valence-corrected chi connectivity index (χ3v) is 3.41. The summed E-state index contributed by atoms with van der Waals surface area (Å²) < 4.78 is 0. The minimum Gasteiger partial charge on any atom is -0.277 e. The van der Waals surface area contributed by atoms with Gasteiger partial charge in [-0.15, -0.1) is 0 Å². The van der Waals surface area contributed by atoms with Crippen molar-refractivity contribution in [1.82, 2.24) is 4.90 Å². The molecular weight excluding hydrogens is 250 g/mol. The largest absolute Gasteiger partial charge is 0.277 e. The lowest BCUT2D eigenvalue weighted by molar-refractivity contribution is -0.134. The molecule has 0 aromatic heterocycles. The second kappa shape index (κ2) is 4.78. The quantitative estimate of drug-likeness (QED) is 0.781. The number of carbonyl (C=O) groups excluding carboxylic acids is 2. The van der Waals surface area contributed by atoms with E-state index in [1.807, 2.05) is 60.7 Å². The number of likely N-dealkylation sites (N-methyl/N-ethyl adjacent to an activating group) is 1. The van der Waals surface area contributed by atoms with Gasteiger partial charge in [-0.25, -0.2) is 0 Å². The Bertz CT molecular complexity index is 641. The van der Waals surface area contributed by atoms with Gasteiger partial charge in [-0.3, -0.25) is 14.5 Å². The highest BCUT2D eigenvalue weighted by Crippen LogP contribution is 2.34. The topological polar surface area (TPSA) is 37.4 Å². The van der Waals surface area contributed by atoms with Crippen LogP contribution in [0.3, 0.4) is 0 Å². The van der Waals surface area contributed by atoms with Crippen LogP contribution in [0.25, 0.3) is 11.1 Å². The maximum absolute atomic E-state index is 12.3. The van der Waals surface area contributed by atoms with Crippen molar-refractivity contribution in [2.75, 3.05) is 7.05 Å². The lowest BCUT2D eigenvalue weighted by atomic mass is 9.96. The van der Waals surface area contributed by atoms with Crippen LogP contribution in [0.5, 0.6) is 0 Å². The predicted molar refractivity (Wildman–Crippen MR) is 77.5 cm³/mol.